The third kappa shape index (κ3) is 27.2. The largest absolute Gasteiger partial charge is 0.460 e. The summed E-state index contributed by atoms with van der Waals surface area (Å²) in [6.07, 6.45) is 14.9. The standard InChI is InChI=1S/C87H128N12O22/c1-55-16-12-11-13-17-56(2)72(108-8)47-66-22-19-61(7)87(107,121-66)81(104)84(105)98-26-15-14-18-68(98)85(106)119-73(48-69(100)57(3)43-60(6)79(103)80(110-10)78(102)59(5)42-55)58(4)44-62-20-23-71(74(45-62)109-9)118-41-40-117-53-65-52-97(95-93-65)27-29-112-31-33-114-35-37-116-39-38-115-36-34-113-32-30-111-28-25-75(101)96-49-63(50-96)51-99-83-76(82(88)90-54-91-83)77(94-99)64-21-24-70-67(46-64)92-86(89)120-70/h11-13,16-17,21,24,43,46,52,54-55,57-59,61-63,66,68,71-74,79-80,103,107H,14-15,18-20,22-23,25-42,44-45,47-51,53H2,1-10H3,(H2,89,92)(H2,88,90,91)/b13-11+,16-12+,56-17+,60-43+/t55-,57-,58-,59-,61-,62+,66+,68+,71-,72+,73+,74-,79-,80+,87-/m1/s1. The molecule has 4 aromatic heterocycles. The Morgan fingerprint density at radius 1 is 0.744 bits per heavy atom. The lowest BCUT2D eigenvalue weighted by Crippen LogP contribution is -2.61. The van der Waals surface area contributed by atoms with Crippen molar-refractivity contribution in [2.24, 2.45) is 41.4 Å². The number of nitrogens with zero attached hydrogens (tertiary/aromatic N) is 10. The van der Waals surface area contributed by atoms with E-state index in [1.54, 1.807) is 51.8 Å². The number of carbonyl (C=O) groups is 6. The maximum atomic E-state index is 14.8. The van der Waals surface area contributed by atoms with E-state index in [4.69, 9.17) is 82.6 Å². The van der Waals surface area contributed by atoms with Gasteiger partial charge in [0.25, 0.3) is 17.7 Å². The normalized spacial score (nSPS) is 28.0. The summed E-state index contributed by atoms with van der Waals surface area (Å²) in [5.41, 5.74) is 17.2. The fourth-order valence-corrected chi connectivity index (χ4v) is 16.5. The number of aliphatic hydroxyl groups is 2. The lowest BCUT2D eigenvalue weighted by molar-refractivity contribution is -0.265. The average Bonchev–Trinajstić information content (AvgIpc) is 1.63. The Hall–Kier alpha value is -8.20. The van der Waals surface area contributed by atoms with Gasteiger partial charge in [0.2, 0.25) is 11.7 Å². The number of nitrogen functional groups attached to an aromatic ring is 2. The highest BCUT2D eigenvalue weighted by atomic mass is 16.6. The summed E-state index contributed by atoms with van der Waals surface area (Å²) in [4.78, 5) is 101. The van der Waals surface area contributed by atoms with Crippen LogP contribution in [0, 0.1) is 41.4 Å². The van der Waals surface area contributed by atoms with Crippen molar-refractivity contribution in [3.8, 4) is 11.3 Å². The number of amides is 2. The number of likely N-dealkylation sites (tertiary alicyclic amines) is 1. The molecule has 15 atom stereocenters. The van der Waals surface area contributed by atoms with Crippen molar-refractivity contribution in [1.82, 2.24) is 49.5 Å². The highest BCUT2D eigenvalue weighted by molar-refractivity contribution is 6.39. The van der Waals surface area contributed by atoms with Crippen LogP contribution in [0.2, 0.25) is 0 Å². The number of Topliss-reactive ketones (excluding diaryl/α,β-unsaturated/α-hetero) is 3. The molecule has 0 unspecified atom stereocenters. The van der Waals surface area contributed by atoms with Gasteiger partial charge in [0.15, 0.2) is 17.0 Å². The van der Waals surface area contributed by atoms with E-state index in [0.29, 0.717) is 221 Å². The number of rotatable bonds is 36. The van der Waals surface area contributed by atoms with Crippen molar-refractivity contribution < 1.29 is 105 Å². The van der Waals surface area contributed by atoms with Crippen LogP contribution < -0.4 is 11.5 Å². The lowest BCUT2D eigenvalue weighted by Gasteiger charge is -2.42. The van der Waals surface area contributed by atoms with Crippen LogP contribution in [-0.4, -0.2) is 283 Å². The molecule has 0 radical (unpaired) electrons. The van der Waals surface area contributed by atoms with Crippen molar-refractivity contribution in [1.29, 1.82) is 0 Å². The number of benzene rings is 1. The summed E-state index contributed by atoms with van der Waals surface area (Å²) in [6, 6.07) is 4.39. The van der Waals surface area contributed by atoms with E-state index < -0.39 is 77.8 Å². The molecule has 1 saturated carbocycles. The number of fused-ring (bicyclic) bond motifs is 5. The summed E-state index contributed by atoms with van der Waals surface area (Å²) in [5, 5.41) is 37.8. The Morgan fingerprint density at radius 3 is 2.15 bits per heavy atom. The van der Waals surface area contributed by atoms with Gasteiger partial charge >= 0.3 is 5.97 Å². The van der Waals surface area contributed by atoms with Gasteiger partial charge in [0.05, 0.1) is 148 Å². The number of carbonyl (C=O) groups excluding carboxylic acids is 6. The molecule has 5 aliphatic rings. The van der Waals surface area contributed by atoms with Crippen molar-refractivity contribution >= 4 is 69.1 Å². The second-order valence-corrected chi connectivity index (χ2v) is 32.8. The van der Waals surface area contributed by atoms with Crippen LogP contribution in [0.3, 0.4) is 0 Å². The average molecular weight is 1690 g/mol. The van der Waals surface area contributed by atoms with Crippen LogP contribution in [0.15, 0.2) is 82.7 Å². The van der Waals surface area contributed by atoms with Gasteiger partial charge in [-0.05, 0) is 125 Å². The first-order valence-electron chi connectivity index (χ1n) is 42.8. The van der Waals surface area contributed by atoms with Crippen LogP contribution in [-0.2, 0) is 110 Å². The smallest absolute Gasteiger partial charge is 0.329 e. The second-order valence-electron chi connectivity index (χ2n) is 32.8. The van der Waals surface area contributed by atoms with E-state index in [0.717, 1.165) is 17.6 Å². The Balaban J connectivity index is 0.578. The van der Waals surface area contributed by atoms with Crippen molar-refractivity contribution in [2.75, 3.05) is 145 Å². The molecule has 3 saturated heterocycles. The first-order valence-corrected chi connectivity index (χ1v) is 42.8. The monoisotopic (exact) mass is 1690 g/mol. The summed E-state index contributed by atoms with van der Waals surface area (Å²) >= 11 is 0. The molecule has 4 fully saturated rings. The maximum absolute atomic E-state index is 14.8. The van der Waals surface area contributed by atoms with E-state index >= 15 is 0 Å². The highest BCUT2D eigenvalue weighted by Crippen LogP contribution is 2.40. The number of hydrogen-bond acceptors (Lipinski definition) is 30. The number of piperidine rings is 1. The number of cyclic esters (lactones) is 1. The molecule has 8 heterocycles. The van der Waals surface area contributed by atoms with Crippen LogP contribution in [0.4, 0.5) is 11.8 Å². The number of allylic oxidation sites excluding steroid dienone is 6. The number of anilines is 2. The van der Waals surface area contributed by atoms with Gasteiger partial charge < -0.3 is 97.5 Å². The van der Waals surface area contributed by atoms with Crippen molar-refractivity contribution in [2.45, 2.75) is 206 Å². The number of nitrogens with two attached hydrogens (primary N) is 2. The van der Waals surface area contributed by atoms with Gasteiger partial charge in [-0.15, -0.1) is 5.10 Å². The minimum atomic E-state index is -2.47. The Bertz CT molecular complexity index is 4270. The summed E-state index contributed by atoms with van der Waals surface area (Å²) in [6.45, 7) is 20.5. The number of esters is 1. The van der Waals surface area contributed by atoms with E-state index in [-0.39, 0.29) is 91.8 Å². The van der Waals surface area contributed by atoms with Crippen LogP contribution in [0.1, 0.15) is 138 Å². The van der Waals surface area contributed by atoms with Gasteiger partial charge in [-0.1, -0.05) is 76.3 Å². The minimum absolute atomic E-state index is 0.00886. The SMILES string of the molecule is CO[C@H]1C[C@@H]2CC[C@@H](C)[C@@](O)(O2)C(=O)C(=O)N2CCCC[C@H]2C(=O)O[C@H]([C@H](C)C[C@@H]2CC[C@@H](OCCOCc3cn(CCOCCOCCOCCOCCOCCOCCC(=O)N4CC(Cn5nc(-c6ccc7oc(N)nc7c6)c6c(N)ncnc65)C4)nn3)[C@H](OC)C2)CC(=O)[C@H](C)/C=C(\C)[C@@H](O)[C@@H](OC)C(=O)[C@H](C)C[C@H](C)/C=C/C=C/C=C/1C. The molecule has 121 heavy (non-hydrogen) atoms. The van der Waals surface area contributed by atoms with E-state index in [1.165, 1.54) is 18.3 Å². The molecule has 1 aliphatic carbocycles. The second kappa shape index (κ2) is 47.6. The molecule has 668 valence electrons. The highest BCUT2D eigenvalue weighted by Gasteiger charge is 2.53. The van der Waals surface area contributed by atoms with Gasteiger partial charge in [0.1, 0.15) is 59.2 Å². The van der Waals surface area contributed by atoms with E-state index in [1.807, 2.05) is 86.0 Å². The van der Waals surface area contributed by atoms with Gasteiger partial charge in [0, 0.05) is 89.6 Å². The fraction of sp³-hybridized carbons (Fsp3) is 0.678. The fourth-order valence-electron chi connectivity index (χ4n) is 16.5. The first-order chi connectivity index (χ1) is 58.4. The maximum Gasteiger partial charge on any atom is 0.329 e. The Kier molecular flexibility index (Phi) is 37.4. The quantitative estimate of drug-likeness (QED) is 0.0129. The summed E-state index contributed by atoms with van der Waals surface area (Å²) in [5.74, 6) is -7.77. The zero-order chi connectivity index (χ0) is 86.5. The first kappa shape index (κ1) is 95.0. The molecule has 1 aromatic carbocycles. The number of oxazole rings is 1. The van der Waals surface area contributed by atoms with Gasteiger partial charge in [-0.25, -0.2) is 24.1 Å². The van der Waals surface area contributed by atoms with Crippen molar-refractivity contribution in [3.63, 3.8) is 0 Å². The third-order valence-electron chi connectivity index (χ3n) is 23.6. The number of methoxy groups -OCH3 is 3. The van der Waals surface area contributed by atoms with E-state index in [9.17, 15) is 39.0 Å². The molecule has 4 aliphatic heterocycles. The molecule has 5 aromatic rings. The number of ether oxygens (including phenoxy) is 13. The van der Waals surface area contributed by atoms with Gasteiger partial charge in [-0.2, -0.15) is 10.1 Å². The van der Waals surface area contributed by atoms with Gasteiger partial charge in [-0.3, -0.25) is 24.0 Å². The minimum Gasteiger partial charge on any atom is -0.460 e. The summed E-state index contributed by atoms with van der Waals surface area (Å²) in [7, 11) is 4.61. The molecule has 34 heteroatoms. The number of aromatic nitrogens is 8. The van der Waals surface area contributed by atoms with Crippen LogP contribution in [0.5, 0.6) is 0 Å². The van der Waals surface area contributed by atoms with Crippen LogP contribution >= 0.6 is 0 Å². The van der Waals surface area contributed by atoms with E-state index in [2.05, 4.69) is 25.3 Å². The molecule has 2 amide bonds. The number of hydrogen-bond donors (Lipinski definition) is 4. The molecular weight excluding hydrogens is 1570 g/mol. The van der Waals surface area contributed by atoms with Crippen LogP contribution in [0.25, 0.3) is 33.4 Å². The number of ketones is 3. The topological polar surface area (TPSA) is 422 Å². The predicted octanol–water partition coefficient (Wildman–Crippen LogP) is 7.77. The van der Waals surface area contributed by atoms with Crippen molar-refractivity contribution in [3.05, 3.63) is 84.0 Å². The molecule has 34 nitrogen and oxygen atoms in total. The Labute approximate surface area is 708 Å². The zero-order valence-corrected chi connectivity index (χ0v) is 72.0. The molecule has 10 rings (SSSR count). The molecule has 6 N–H and O–H groups in total. The zero-order valence-electron chi connectivity index (χ0n) is 72.0. The lowest BCUT2D eigenvalue weighted by atomic mass is 9.78. The Morgan fingerprint density at radius 2 is 1.45 bits per heavy atom. The summed E-state index contributed by atoms with van der Waals surface area (Å²) < 4.78 is 85.4. The molecular formula is C87H128N12O22. The number of aliphatic hydroxyl groups excluding tert-OH is 1. The third-order valence-corrected chi connectivity index (χ3v) is 23.6. The molecule has 2 bridgehead atoms. The molecule has 0 spiro atoms. The predicted molar refractivity (Wildman–Crippen MR) is 445 cm³/mol.